The highest BCUT2D eigenvalue weighted by atomic mass is 79.9. The summed E-state index contributed by atoms with van der Waals surface area (Å²) in [5.41, 5.74) is 1.76. The van der Waals surface area contributed by atoms with Crippen LogP contribution in [0.1, 0.15) is 5.69 Å². The van der Waals surface area contributed by atoms with Crippen LogP contribution in [0.2, 0.25) is 0 Å². The molecule has 0 amide bonds. The van der Waals surface area contributed by atoms with Gasteiger partial charge in [-0.1, -0.05) is 12.1 Å². The topological polar surface area (TPSA) is 63.6 Å². The van der Waals surface area contributed by atoms with E-state index in [9.17, 15) is 4.79 Å². The van der Waals surface area contributed by atoms with Gasteiger partial charge < -0.3 is 0 Å². The van der Waals surface area contributed by atoms with Gasteiger partial charge >= 0.3 is 0 Å². The van der Waals surface area contributed by atoms with E-state index in [1.807, 2.05) is 37.4 Å². The fourth-order valence-corrected chi connectivity index (χ4v) is 2.28. The molecule has 2 aromatic heterocycles. The smallest absolute Gasteiger partial charge is 0.265 e. The summed E-state index contributed by atoms with van der Waals surface area (Å²) in [5.74, 6) is 0. The van der Waals surface area contributed by atoms with Crippen molar-refractivity contribution in [1.82, 2.24) is 20.0 Å². The molecular weight excluding hydrogens is 296 g/mol. The molecule has 3 aromatic rings. The summed E-state index contributed by atoms with van der Waals surface area (Å²) >= 11 is 3.46. The Kier molecular flexibility index (Phi) is 2.52. The first kappa shape index (κ1) is 11.2. The van der Waals surface area contributed by atoms with Crippen molar-refractivity contribution in [2.45, 2.75) is 6.92 Å². The van der Waals surface area contributed by atoms with Crippen LogP contribution in [0, 0.1) is 6.92 Å². The Morgan fingerprint density at radius 3 is 2.83 bits per heavy atom. The molecule has 18 heavy (non-hydrogen) atoms. The molecule has 0 aliphatic rings. The standard InChI is InChI=1S/C12H9BrN4O/c1-7-8-6-17(10-5-3-2-4-9(10)13)16-11(8)12(18)15-14-7/h2-6H,1H3,(H,15,18). The van der Waals surface area contributed by atoms with Crippen molar-refractivity contribution < 1.29 is 0 Å². The molecule has 0 bridgehead atoms. The van der Waals surface area contributed by atoms with E-state index < -0.39 is 0 Å². The fraction of sp³-hybridized carbons (Fsp3) is 0.0833. The Hall–Kier alpha value is -1.95. The summed E-state index contributed by atoms with van der Waals surface area (Å²) in [6, 6.07) is 7.70. The molecule has 0 unspecified atom stereocenters. The number of aromatic amines is 1. The van der Waals surface area contributed by atoms with Gasteiger partial charge in [0.1, 0.15) is 0 Å². The van der Waals surface area contributed by atoms with Crippen molar-refractivity contribution in [2.24, 2.45) is 0 Å². The Balaban J connectivity index is 2.33. The Morgan fingerprint density at radius 2 is 2.11 bits per heavy atom. The lowest BCUT2D eigenvalue weighted by Crippen LogP contribution is -2.09. The van der Waals surface area contributed by atoms with Gasteiger partial charge in [-0.2, -0.15) is 10.2 Å². The van der Waals surface area contributed by atoms with Crippen LogP contribution in [0.15, 0.2) is 39.7 Å². The number of rotatable bonds is 1. The van der Waals surface area contributed by atoms with Crippen LogP contribution in [0.5, 0.6) is 0 Å². The minimum atomic E-state index is -0.276. The van der Waals surface area contributed by atoms with Crippen LogP contribution in [0.4, 0.5) is 0 Å². The predicted molar refractivity (Wildman–Crippen MR) is 71.9 cm³/mol. The first-order valence-electron chi connectivity index (χ1n) is 5.36. The largest absolute Gasteiger partial charge is 0.292 e. The van der Waals surface area contributed by atoms with Gasteiger partial charge in [0.15, 0.2) is 5.52 Å². The fourth-order valence-electron chi connectivity index (χ4n) is 1.82. The second kappa shape index (κ2) is 4.06. The molecule has 0 radical (unpaired) electrons. The van der Waals surface area contributed by atoms with Crippen molar-refractivity contribution in [1.29, 1.82) is 0 Å². The lowest BCUT2D eigenvalue weighted by molar-refractivity contribution is 0.886. The minimum absolute atomic E-state index is 0.276. The number of aryl methyl sites for hydroxylation is 1. The van der Waals surface area contributed by atoms with E-state index in [0.29, 0.717) is 5.52 Å². The molecular formula is C12H9BrN4O. The number of H-pyrrole nitrogens is 1. The average molecular weight is 305 g/mol. The molecule has 0 spiro atoms. The summed E-state index contributed by atoms with van der Waals surface area (Å²) in [7, 11) is 0. The predicted octanol–water partition coefficient (Wildman–Crippen LogP) is 2.18. The zero-order chi connectivity index (χ0) is 12.7. The number of hydrogen-bond donors (Lipinski definition) is 1. The third-order valence-electron chi connectivity index (χ3n) is 2.74. The molecule has 0 aliphatic carbocycles. The minimum Gasteiger partial charge on any atom is -0.265 e. The van der Waals surface area contributed by atoms with Gasteiger partial charge in [-0.25, -0.2) is 9.78 Å². The molecule has 5 nitrogen and oxygen atoms in total. The summed E-state index contributed by atoms with van der Waals surface area (Å²) < 4.78 is 2.60. The van der Waals surface area contributed by atoms with Crippen LogP contribution < -0.4 is 5.56 Å². The van der Waals surface area contributed by atoms with Gasteiger partial charge in [0.2, 0.25) is 0 Å². The maximum absolute atomic E-state index is 11.7. The lowest BCUT2D eigenvalue weighted by atomic mass is 10.3. The zero-order valence-electron chi connectivity index (χ0n) is 9.51. The number of para-hydroxylation sites is 1. The van der Waals surface area contributed by atoms with E-state index in [-0.39, 0.29) is 5.56 Å². The van der Waals surface area contributed by atoms with E-state index in [0.717, 1.165) is 21.2 Å². The second-order valence-corrected chi connectivity index (χ2v) is 4.78. The van der Waals surface area contributed by atoms with Crippen molar-refractivity contribution in [3.05, 3.63) is 51.0 Å². The Morgan fingerprint density at radius 1 is 1.33 bits per heavy atom. The van der Waals surface area contributed by atoms with Gasteiger partial charge in [0.05, 0.1) is 11.4 Å². The van der Waals surface area contributed by atoms with Gasteiger partial charge in [-0.3, -0.25) is 4.79 Å². The maximum atomic E-state index is 11.7. The average Bonchev–Trinajstić information content (AvgIpc) is 2.80. The van der Waals surface area contributed by atoms with Crippen molar-refractivity contribution in [3.8, 4) is 5.69 Å². The molecule has 1 aromatic carbocycles. The highest BCUT2D eigenvalue weighted by Crippen LogP contribution is 2.21. The normalized spacial score (nSPS) is 11.0. The second-order valence-electron chi connectivity index (χ2n) is 3.93. The zero-order valence-corrected chi connectivity index (χ0v) is 11.1. The molecule has 0 fully saturated rings. The first-order chi connectivity index (χ1) is 8.66. The van der Waals surface area contributed by atoms with E-state index >= 15 is 0 Å². The van der Waals surface area contributed by atoms with E-state index in [1.165, 1.54) is 0 Å². The lowest BCUT2D eigenvalue weighted by Gasteiger charge is -2.02. The molecule has 1 N–H and O–H groups in total. The SMILES string of the molecule is Cc1n[nH]c(=O)c2nn(-c3ccccc3Br)cc12. The third kappa shape index (κ3) is 1.65. The summed E-state index contributed by atoms with van der Waals surface area (Å²) in [6.07, 6.45) is 1.81. The molecule has 0 atom stereocenters. The summed E-state index contributed by atoms with van der Waals surface area (Å²) in [4.78, 5) is 11.7. The molecule has 90 valence electrons. The number of hydrogen-bond acceptors (Lipinski definition) is 3. The van der Waals surface area contributed by atoms with Gasteiger partial charge in [-0.15, -0.1) is 0 Å². The van der Waals surface area contributed by atoms with E-state index in [1.54, 1.807) is 4.68 Å². The molecule has 3 rings (SSSR count). The number of nitrogens with zero attached hydrogens (tertiary/aromatic N) is 3. The number of halogens is 1. The van der Waals surface area contributed by atoms with Crippen LogP contribution in [0.3, 0.4) is 0 Å². The van der Waals surface area contributed by atoms with Gasteiger partial charge in [0, 0.05) is 16.1 Å². The van der Waals surface area contributed by atoms with Crippen LogP contribution in [0.25, 0.3) is 16.6 Å². The molecule has 0 saturated carbocycles. The highest BCUT2D eigenvalue weighted by Gasteiger charge is 2.10. The molecule has 0 aliphatic heterocycles. The van der Waals surface area contributed by atoms with Crippen molar-refractivity contribution in [3.63, 3.8) is 0 Å². The third-order valence-corrected chi connectivity index (χ3v) is 3.41. The van der Waals surface area contributed by atoms with E-state index in [4.69, 9.17) is 0 Å². The maximum Gasteiger partial charge on any atom is 0.292 e. The van der Waals surface area contributed by atoms with Crippen LogP contribution in [-0.2, 0) is 0 Å². The van der Waals surface area contributed by atoms with Crippen molar-refractivity contribution in [2.75, 3.05) is 0 Å². The van der Waals surface area contributed by atoms with Gasteiger partial charge in [0.25, 0.3) is 5.56 Å². The number of nitrogens with one attached hydrogen (secondary N) is 1. The molecule has 2 heterocycles. The summed E-state index contributed by atoms with van der Waals surface area (Å²) in [5, 5.41) is 11.4. The Labute approximate surface area is 111 Å². The number of aromatic nitrogens is 4. The Bertz CT molecular complexity index is 790. The number of benzene rings is 1. The van der Waals surface area contributed by atoms with Crippen molar-refractivity contribution >= 4 is 26.8 Å². The van der Waals surface area contributed by atoms with E-state index in [2.05, 4.69) is 31.2 Å². The number of fused-ring (bicyclic) bond motifs is 1. The van der Waals surface area contributed by atoms with Gasteiger partial charge in [-0.05, 0) is 35.0 Å². The van der Waals surface area contributed by atoms with Crippen LogP contribution in [-0.4, -0.2) is 20.0 Å². The first-order valence-corrected chi connectivity index (χ1v) is 6.15. The molecule has 0 saturated heterocycles. The monoisotopic (exact) mass is 304 g/mol. The summed E-state index contributed by atoms with van der Waals surface area (Å²) in [6.45, 7) is 1.84. The van der Waals surface area contributed by atoms with Crippen LogP contribution >= 0.6 is 15.9 Å². The molecule has 6 heteroatoms. The quantitative estimate of drug-likeness (QED) is 0.749. The highest BCUT2D eigenvalue weighted by molar-refractivity contribution is 9.10.